The van der Waals surface area contributed by atoms with Gasteiger partial charge < -0.3 is 24.3 Å². The molecule has 198 valence electrons. The van der Waals surface area contributed by atoms with Gasteiger partial charge in [0.25, 0.3) is 0 Å². The monoisotopic (exact) mass is 513 g/mol. The Bertz CT molecular complexity index is 1450. The second kappa shape index (κ2) is 10.1. The first-order chi connectivity index (χ1) is 18.5. The van der Waals surface area contributed by atoms with E-state index in [4.69, 9.17) is 15.2 Å². The Morgan fingerprint density at radius 1 is 1.16 bits per heavy atom. The van der Waals surface area contributed by atoms with Gasteiger partial charge in [0, 0.05) is 54.6 Å². The number of imidazole rings is 1. The molecule has 2 fully saturated rings. The Hall–Kier alpha value is -3.94. The average molecular weight is 514 g/mol. The largest absolute Gasteiger partial charge is 0.493 e. The van der Waals surface area contributed by atoms with Crippen LogP contribution in [0.3, 0.4) is 0 Å². The Morgan fingerprint density at radius 2 is 1.95 bits per heavy atom. The van der Waals surface area contributed by atoms with Gasteiger partial charge in [0.2, 0.25) is 0 Å². The molecule has 2 heterocycles. The Kier molecular flexibility index (Phi) is 6.47. The van der Waals surface area contributed by atoms with Crippen molar-refractivity contribution in [2.24, 2.45) is 13.0 Å². The summed E-state index contributed by atoms with van der Waals surface area (Å²) in [5.41, 5.74) is 11.4. The number of anilines is 2. The molecule has 0 aliphatic heterocycles. The SMILES string of the molecule is CC(OC(=O)Nc1ccc(-c2c(N)c3ccc(OCCc4nccn4C)cc3n2C2CCC2)cc1)C1CC1. The van der Waals surface area contributed by atoms with Gasteiger partial charge in [0.05, 0.1) is 23.5 Å². The number of benzene rings is 2. The number of amides is 1. The molecule has 0 bridgehead atoms. The topological polar surface area (TPSA) is 96.3 Å². The number of ether oxygens (including phenoxy) is 2. The third kappa shape index (κ3) is 4.83. The van der Waals surface area contributed by atoms with Crippen LogP contribution < -0.4 is 15.8 Å². The number of carbonyl (C=O) groups is 1. The number of fused-ring (bicyclic) bond motifs is 1. The highest BCUT2D eigenvalue weighted by atomic mass is 16.6. The van der Waals surface area contributed by atoms with E-state index in [1.54, 1.807) is 6.20 Å². The zero-order chi connectivity index (χ0) is 26.2. The standard InChI is InChI=1S/C30H35N5O3/c1-19(20-6-7-20)38-30(36)33-22-10-8-21(9-11-22)29-28(31)25-13-12-24(18-26(25)35(29)23-4-3-5-23)37-17-14-27-32-15-16-34(27)2/h8-13,15-16,18-20,23H,3-7,14,17,31H2,1-2H3,(H,33,36). The van der Waals surface area contributed by atoms with Gasteiger partial charge in [-0.2, -0.15) is 0 Å². The fraction of sp³-hybridized carbons (Fsp3) is 0.400. The summed E-state index contributed by atoms with van der Waals surface area (Å²) < 4.78 is 16.0. The summed E-state index contributed by atoms with van der Waals surface area (Å²) in [6, 6.07) is 14.4. The normalized spacial score (nSPS) is 16.3. The highest BCUT2D eigenvalue weighted by molar-refractivity contribution is 6.01. The van der Waals surface area contributed by atoms with Crippen LogP contribution in [-0.4, -0.2) is 32.9 Å². The van der Waals surface area contributed by atoms with Gasteiger partial charge in [-0.1, -0.05) is 12.1 Å². The van der Waals surface area contributed by atoms with Crippen LogP contribution in [-0.2, 0) is 18.2 Å². The molecule has 38 heavy (non-hydrogen) atoms. The molecule has 4 aromatic rings. The third-order valence-electron chi connectivity index (χ3n) is 7.95. The van der Waals surface area contributed by atoms with E-state index in [2.05, 4.69) is 27.0 Å². The van der Waals surface area contributed by atoms with Crippen LogP contribution in [0.15, 0.2) is 54.9 Å². The van der Waals surface area contributed by atoms with E-state index in [0.29, 0.717) is 24.3 Å². The molecular formula is C30H35N5O3. The van der Waals surface area contributed by atoms with E-state index in [-0.39, 0.29) is 6.10 Å². The quantitative estimate of drug-likeness (QED) is 0.273. The molecular weight excluding hydrogens is 478 g/mol. The lowest BCUT2D eigenvalue weighted by molar-refractivity contribution is 0.108. The first-order valence-electron chi connectivity index (χ1n) is 13.6. The van der Waals surface area contributed by atoms with Gasteiger partial charge in [-0.15, -0.1) is 0 Å². The maximum Gasteiger partial charge on any atom is 0.411 e. The van der Waals surface area contributed by atoms with Crippen LogP contribution in [0, 0.1) is 5.92 Å². The third-order valence-corrected chi connectivity index (χ3v) is 7.95. The van der Waals surface area contributed by atoms with Crippen LogP contribution in [0.5, 0.6) is 5.75 Å². The summed E-state index contributed by atoms with van der Waals surface area (Å²) in [6.45, 7) is 2.51. The molecule has 0 spiro atoms. The number of rotatable bonds is 9. The lowest BCUT2D eigenvalue weighted by atomic mass is 9.92. The van der Waals surface area contributed by atoms with E-state index >= 15 is 0 Å². The minimum absolute atomic E-state index is 0.0454. The second-order valence-corrected chi connectivity index (χ2v) is 10.6. The number of hydrogen-bond donors (Lipinski definition) is 2. The maximum atomic E-state index is 12.3. The summed E-state index contributed by atoms with van der Waals surface area (Å²) in [6.07, 6.45) is 9.79. The van der Waals surface area contributed by atoms with Crippen molar-refractivity contribution in [2.75, 3.05) is 17.7 Å². The van der Waals surface area contributed by atoms with Gasteiger partial charge in [-0.05, 0) is 69.2 Å². The molecule has 3 N–H and O–H groups in total. The lowest BCUT2D eigenvalue weighted by Gasteiger charge is -2.30. The predicted molar refractivity (Wildman–Crippen MR) is 149 cm³/mol. The summed E-state index contributed by atoms with van der Waals surface area (Å²) >= 11 is 0. The van der Waals surface area contributed by atoms with Crippen LogP contribution >= 0.6 is 0 Å². The summed E-state index contributed by atoms with van der Waals surface area (Å²) in [7, 11) is 1.99. The van der Waals surface area contributed by atoms with Crippen molar-refractivity contribution in [2.45, 2.75) is 57.6 Å². The van der Waals surface area contributed by atoms with Crippen molar-refractivity contribution >= 4 is 28.4 Å². The molecule has 2 aliphatic carbocycles. The first-order valence-corrected chi connectivity index (χ1v) is 13.6. The first kappa shape index (κ1) is 24.4. The van der Waals surface area contributed by atoms with Crippen LogP contribution in [0.25, 0.3) is 22.2 Å². The van der Waals surface area contributed by atoms with E-state index in [0.717, 1.165) is 71.5 Å². The highest BCUT2D eigenvalue weighted by Gasteiger charge is 2.31. The number of hydrogen-bond acceptors (Lipinski definition) is 5. The van der Waals surface area contributed by atoms with Crippen LogP contribution in [0.2, 0.25) is 0 Å². The minimum Gasteiger partial charge on any atom is -0.493 e. The molecule has 2 saturated carbocycles. The van der Waals surface area contributed by atoms with Gasteiger partial charge in [-0.3, -0.25) is 5.32 Å². The van der Waals surface area contributed by atoms with E-state index in [1.165, 1.54) is 6.42 Å². The van der Waals surface area contributed by atoms with E-state index < -0.39 is 6.09 Å². The Labute approximate surface area is 222 Å². The summed E-state index contributed by atoms with van der Waals surface area (Å²) in [4.78, 5) is 16.7. The molecule has 2 aromatic heterocycles. The van der Waals surface area contributed by atoms with Crippen molar-refractivity contribution in [3.8, 4) is 17.0 Å². The number of nitrogens with one attached hydrogen (secondary N) is 1. The van der Waals surface area contributed by atoms with Crippen LogP contribution in [0.4, 0.5) is 16.2 Å². The van der Waals surface area contributed by atoms with Gasteiger partial charge >= 0.3 is 6.09 Å². The van der Waals surface area contributed by atoms with Gasteiger partial charge in [-0.25, -0.2) is 9.78 Å². The summed E-state index contributed by atoms with van der Waals surface area (Å²) in [5, 5.41) is 3.88. The molecule has 8 nitrogen and oxygen atoms in total. The van der Waals surface area contributed by atoms with Crippen molar-refractivity contribution in [3.63, 3.8) is 0 Å². The fourth-order valence-electron chi connectivity index (χ4n) is 5.31. The van der Waals surface area contributed by atoms with Crippen molar-refractivity contribution in [1.29, 1.82) is 0 Å². The Balaban J connectivity index is 1.24. The zero-order valence-corrected chi connectivity index (χ0v) is 22.0. The number of nitrogens with zero attached hydrogens (tertiary/aromatic N) is 3. The second-order valence-electron chi connectivity index (χ2n) is 10.6. The predicted octanol–water partition coefficient (Wildman–Crippen LogP) is 6.32. The number of aromatic nitrogens is 3. The molecule has 1 amide bonds. The molecule has 8 heteroatoms. The van der Waals surface area contributed by atoms with Crippen molar-refractivity contribution in [1.82, 2.24) is 14.1 Å². The van der Waals surface area contributed by atoms with Crippen LogP contribution in [0.1, 0.15) is 50.9 Å². The van der Waals surface area contributed by atoms with Gasteiger partial charge in [0.15, 0.2) is 0 Å². The number of aryl methyl sites for hydroxylation is 1. The molecule has 1 atom stereocenters. The van der Waals surface area contributed by atoms with E-state index in [1.807, 2.05) is 55.1 Å². The summed E-state index contributed by atoms with van der Waals surface area (Å²) in [5.74, 6) is 2.33. The number of nitrogen functional groups attached to an aromatic ring is 1. The molecule has 2 aromatic carbocycles. The zero-order valence-electron chi connectivity index (χ0n) is 22.0. The molecule has 0 saturated heterocycles. The number of nitrogens with two attached hydrogens (primary N) is 1. The minimum atomic E-state index is -0.407. The molecule has 2 aliphatic rings. The highest BCUT2D eigenvalue weighted by Crippen LogP contribution is 2.45. The Morgan fingerprint density at radius 3 is 2.61 bits per heavy atom. The number of carbonyl (C=O) groups excluding carboxylic acids is 1. The molecule has 1 unspecified atom stereocenters. The molecule has 6 rings (SSSR count). The van der Waals surface area contributed by atoms with Gasteiger partial charge in [0.1, 0.15) is 17.7 Å². The maximum absolute atomic E-state index is 12.3. The van der Waals surface area contributed by atoms with Crippen molar-refractivity contribution in [3.05, 3.63) is 60.7 Å². The van der Waals surface area contributed by atoms with E-state index in [9.17, 15) is 4.79 Å². The fourth-order valence-corrected chi connectivity index (χ4v) is 5.31. The molecule has 0 radical (unpaired) electrons. The average Bonchev–Trinajstić information content (AvgIpc) is 3.60. The van der Waals surface area contributed by atoms with Crippen molar-refractivity contribution < 1.29 is 14.3 Å². The lowest BCUT2D eigenvalue weighted by Crippen LogP contribution is -2.21. The smallest absolute Gasteiger partial charge is 0.411 e.